The number of carboxylic acids is 1. The van der Waals surface area contributed by atoms with Crippen molar-refractivity contribution < 1.29 is 30.0 Å². The van der Waals surface area contributed by atoms with Crippen molar-refractivity contribution in [3.63, 3.8) is 0 Å². The Balaban J connectivity index is 1.91. The molecular formula is C22H26O6. The Morgan fingerprint density at radius 3 is 2.36 bits per heavy atom. The van der Waals surface area contributed by atoms with Crippen molar-refractivity contribution in [1.29, 1.82) is 0 Å². The number of aliphatic carboxylic acids is 1. The van der Waals surface area contributed by atoms with E-state index in [0.717, 1.165) is 6.08 Å². The molecule has 0 amide bonds. The lowest BCUT2D eigenvalue weighted by Gasteiger charge is -2.17. The van der Waals surface area contributed by atoms with Gasteiger partial charge in [-0.3, -0.25) is 0 Å². The smallest absolute Gasteiger partial charge is 0.328 e. The average Bonchev–Trinajstić information content (AvgIpc) is 2.94. The summed E-state index contributed by atoms with van der Waals surface area (Å²) >= 11 is 0. The molecule has 28 heavy (non-hydrogen) atoms. The summed E-state index contributed by atoms with van der Waals surface area (Å²) in [6.07, 6.45) is 10.4. The van der Waals surface area contributed by atoms with Gasteiger partial charge in [0.2, 0.25) is 0 Å². The summed E-state index contributed by atoms with van der Waals surface area (Å²) in [4.78, 5) is 10.4. The first kappa shape index (κ1) is 21.6. The monoisotopic (exact) mass is 386 g/mol. The van der Waals surface area contributed by atoms with Gasteiger partial charge < -0.3 is 25.2 Å². The lowest BCUT2D eigenvalue weighted by Crippen LogP contribution is -2.20. The van der Waals surface area contributed by atoms with Crippen LogP contribution in [0.15, 0.2) is 78.9 Å². The largest absolute Gasteiger partial charge is 0.491 e. The first-order valence-electron chi connectivity index (χ1n) is 9.12. The van der Waals surface area contributed by atoms with Gasteiger partial charge in [0.25, 0.3) is 0 Å². The summed E-state index contributed by atoms with van der Waals surface area (Å²) in [7, 11) is 0. The predicted octanol–water partition coefficient (Wildman–Crippen LogP) is 2.09. The van der Waals surface area contributed by atoms with E-state index in [2.05, 4.69) is 0 Å². The molecule has 0 unspecified atom stereocenters. The number of para-hydroxylation sites is 1. The van der Waals surface area contributed by atoms with E-state index in [9.17, 15) is 20.1 Å². The molecule has 1 fully saturated rings. The Morgan fingerprint density at radius 2 is 1.68 bits per heavy atom. The Morgan fingerprint density at radius 1 is 1.04 bits per heavy atom. The number of aliphatic hydroxyl groups excluding tert-OH is 3. The molecule has 0 bridgehead atoms. The average molecular weight is 386 g/mol. The summed E-state index contributed by atoms with van der Waals surface area (Å²) in [5, 5.41) is 39.0. The number of carboxylic acid groups (broad SMARTS) is 1. The van der Waals surface area contributed by atoms with Gasteiger partial charge in [0.05, 0.1) is 12.2 Å². The van der Waals surface area contributed by atoms with E-state index >= 15 is 0 Å². The molecule has 6 nitrogen and oxygen atoms in total. The third kappa shape index (κ3) is 7.15. The first-order valence-corrected chi connectivity index (χ1v) is 9.12. The maximum Gasteiger partial charge on any atom is 0.328 e. The van der Waals surface area contributed by atoms with Crippen molar-refractivity contribution in [1.82, 2.24) is 0 Å². The molecule has 1 saturated carbocycles. The number of hydrogen-bond donors (Lipinski definition) is 4. The zero-order valence-corrected chi connectivity index (χ0v) is 15.4. The van der Waals surface area contributed by atoms with Crippen LogP contribution in [-0.2, 0) is 4.79 Å². The molecule has 0 heterocycles. The van der Waals surface area contributed by atoms with E-state index in [1.807, 2.05) is 18.2 Å². The van der Waals surface area contributed by atoms with Crippen LogP contribution in [0.4, 0.5) is 0 Å². The van der Waals surface area contributed by atoms with E-state index in [1.54, 1.807) is 48.6 Å². The van der Waals surface area contributed by atoms with E-state index in [-0.39, 0.29) is 24.9 Å². The molecule has 1 aliphatic rings. The lowest BCUT2D eigenvalue weighted by molar-refractivity contribution is -0.131. The van der Waals surface area contributed by atoms with Gasteiger partial charge in [-0.05, 0) is 12.1 Å². The minimum Gasteiger partial charge on any atom is -0.491 e. The van der Waals surface area contributed by atoms with Crippen molar-refractivity contribution in [2.24, 2.45) is 11.8 Å². The molecule has 0 saturated heterocycles. The molecule has 4 N–H and O–H groups in total. The zero-order chi connectivity index (χ0) is 20.4. The highest BCUT2D eigenvalue weighted by Crippen LogP contribution is 2.34. The Bertz CT molecular complexity index is 722. The number of aliphatic hydroxyl groups is 3. The van der Waals surface area contributed by atoms with E-state index in [4.69, 9.17) is 9.84 Å². The van der Waals surface area contributed by atoms with Crippen molar-refractivity contribution in [3.8, 4) is 5.75 Å². The molecule has 0 aliphatic heterocycles. The lowest BCUT2D eigenvalue weighted by atomic mass is 9.92. The third-order valence-corrected chi connectivity index (χ3v) is 4.44. The second-order valence-electron chi connectivity index (χ2n) is 6.57. The molecule has 1 aromatic carbocycles. The Kier molecular flexibility index (Phi) is 8.68. The van der Waals surface area contributed by atoms with Crippen LogP contribution >= 0.6 is 0 Å². The van der Waals surface area contributed by atoms with Crippen LogP contribution in [0.3, 0.4) is 0 Å². The van der Waals surface area contributed by atoms with Gasteiger partial charge in [0, 0.05) is 24.3 Å². The topological polar surface area (TPSA) is 107 Å². The highest BCUT2D eigenvalue weighted by atomic mass is 16.5. The third-order valence-electron chi connectivity index (χ3n) is 4.44. The molecule has 0 radical (unpaired) electrons. The molecule has 5 atom stereocenters. The van der Waals surface area contributed by atoms with Crippen molar-refractivity contribution in [3.05, 3.63) is 78.9 Å². The van der Waals surface area contributed by atoms with Crippen LogP contribution in [0, 0.1) is 11.8 Å². The van der Waals surface area contributed by atoms with E-state index < -0.39 is 24.3 Å². The molecule has 150 valence electrons. The maximum absolute atomic E-state index is 10.4. The molecule has 1 aliphatic carbocycles. The number of benzene rings is 1. The van der Waals surface area contributed by atoms with Crippen molar-refractivity contribution >= 4 is 5.97 Å². The van der Waals surface area contributed by atoms with Crippen LogP contribution in [0.25, 0.3) is 0 Å². The van der Waals surface area contributed by atoms with E-state index in [0.29, 0.717) is 5.75 Å². The summed E-state index contributed by atoms with van der Waals surface area (Å²) in [6, 6.07) is 9.16. The number of allylic oxidation sites excluding steroid dienone is 4. The number of rotatable bonds is 9. The first-order chi connectivity index (χ1) is 13.5. The van der Waals surface area contributed by atoms with Crippen LogP contribution in [-0.4, -0.2) is 51.3 Å². The fourth-order valence-electron chi connectivity index (χ4n) is 3.06. The molecule has 1 aromatic rings. The molecule has 0 aromatic heterocycles. The van der Waals surface area contributed by atoms with Crippen LogP contribution in [0.1, 0.15) is 6.42 Å². The zero-order valence-electron chi connectivity index (χ0n) is 15.4. The van der Waals surface area contributed by atoms with Gasteiger partial charge in [-0.2, -0.15) is 0 Å². The Labute approximate surface area is 164 Å². The number of carbonyl (C=O) groups is 1. The number of ether oxygens (including phenoxy) is 1. The summed E-state index contributed by atoms with van der Waals surface area (Å²) in [6.45, 7) is 0.0883. The fourth-order valence-corrected chi connectivity index (χ4v) is 3.06. The summed E-state index contributed by atoms with van der Waals surface area (Å²) < 4.78 is 5.49. The molecule has 6 heteroatoms. The van der Waals surface area contributed by atoms with Gasteiger partial charge >= 0.3 is 5.97 Å². The normalized spacial score (nSPS) is 26.7. The van der Waals surface area contributed by atoms with Gasteiger partial charge in [-0.15, -0.1) is 0 Å². The van der Waals surface area contributed by atoms with Gasteiger partial charge in [0.15, 0.2) is 0 Å². The second kappa shape index (κ2) is 11.2. The molecule has 0 spiro atoms. The summed E-state index contributed by atoms with van der Waals surface area (Å²) in [5.41, 5.74) is 0. The van der Waals surface area contributed by atoms with Crippen molar-refractivity contribution in [2.45, 2.75) is 24.7 Å². The molecule has 2 rings (SSSR count). The Hall–Kier alpha value is -2.67. The minimum absolute atomic E-state index is 0.0883. The SMILES string of the molecule is O=C(O)/C=C/C=C/C=C/[C@@H]1[C@@H](/C=C/[C@@H](O)COc2ccccc2)[C@H](O)C[C@@H]1O. The summed E-state index contributed by atoms with van der Waals surface area (Å²) in [5.74, 6) is -0.999. The van der Waals surface area contributed by atoms with Crippen LogP contribution in [0.5, 0.6) is 5.75 Å². The van der Waals surface area contributed by atoms with Crippen LogP contribution < -0.4 is 4.74 Å². The van der Waals surface area contributed by atoms with E-state index in [1.165, 1.54) is 6.08 Å². The van der Waals surface area contributed by atoms with Crippen molar-refractivity contribution in [2.75, 3.05) is 6.61 Å². The van der Waals surface area contributed by atoms with Gasteiger partial charge in [-0.25, -0.2) is 4.79 Å². The quantitative estimate of drug-likeness (QED) is 0.294. The fraction of sp³-hybridized carbons (Fsp3) is 0.318. The highest BCUT2D eigenvalue weighted by molar-refractivity contribution is 5.80. The second-order valence-corrected chi connectivity index (χ2v) is 6.57. The standard InChI is InChI=1S/C22H26O6/c23-16(15-28-17-8-4-3-5-9-17)12-13-19-18(20(24)14-21(19)25)10-6-1-2-7-11-22(26)27/h1-13,16,18-21,23-25H,14-15H2,(H,26,27)/b2-1+,10-6+,11-7+,13-12+/t16-,18-,19-,20+,21-/m1/s1. The minimum atomic E-state index is -1.03. The molecular weight excluding hydrogens is 360 g/mol. The van der Waals surface area contributed by atoms with Gasteiger partial charge in [0.1, 0.15) is 18.5 Å². The predicted molar refractivity (Wildman–Crippen MR) is 106 cm³/mol. The van der Waals surface area contributed by atoms with Crippen LogP contribution in [0.2, 0.25) is 0 Å². The number of hydrogen-bond acceptors (Lipinski definition) is 5. The van der Waals surface area contributed by atoms with Gasteiger partial charge in [-0.1, -0.05) is 60.7 Å². The highest BCUT2D eigenvalue weighted by Gasteiger charge is 2.38. The maximum atomic E-state index is 10.4.